The van der Waals surface area contributed by atoms with Crippen molar-refractivity contribution in [2.75, 3.05) is 7.05 Å². The number of aliphatic imine (C=N–C) groups is 1. The summed E-state index contributed by atoms with van der Waals surface area (Å²) in [4.78, 5) is 4.19. The molecular formula is C19H21F2N3. The molecule has 0 bridgehead atoms. The van der Waals surface area contributed by atoms with Gasteiger partial charge in [-0.1, -0.05) is 30.3 Å². The Kier molecular flexibility index (Phi) is 4.79. The van der Waals surface area contributed by atoms with E-state index in [4.69, 9.17) is 0 Å². The second-order valence-electron chi connectivity index (χ2n) is 6.08. The molecule has 1 fully saturated rings. The fourth-order valence-corrected chi connectivity index (χ4v) is 2.90. The van der Waals surface area contributed by atoms with E-state index >= 15 is 0 Å². The number of rotatable bonds is 4. The van der Waals surface area contributed by atoms with E-state index in [1.54, 1.807) is 7.05 Å². The van der Waals surface area contributed by atoms with E-state index in [2.05, 4.69) is 34.7 Å². The Morgan fingerprint density at radius 1 is 1.12 bits per heavy atom. The van der Waals surface area contributed by atoms with Gasteiger partial charge in [0.05, 0.1) is 0 Å². The molecule has 0 heterocycles. The maximum atomic E-state index is 13.8. The zero-order valence-electron chi connectivity index (χ0n) is 13.8. The molecule has 1 aliphatic carbocycles. The van der Waals surface area contributed by atoms with Crippen molar-refractivity contribution in [3.63, 3.8) is 0 Å². The van der Waals surface area contributed by atoms with Gasteiger partial charge in [-0.2, -0.15) is 0 Å². The SMILES string of the molecule is CN=C(NCc1ccccc1C)NC1CC1c1c(F)cccc1F. The fourth-order valence-electron chi connectivity index (χ4n) is 2.90. The van der Waals surface area contributed by atoms with Crippen LogP contribution in [0.3, 0.4) is 0 Å². The zero-order valence-corrected chi connectivity index (χ0v) is 13.8. The van der Waals surface area contributed by atoms with Crippen LogP contribution in [-0.2, 0) is 6.54 Å². The second kappa shape index (κ2) is 6.99. The number of hydrogen-bond acceptors (Lipinski definition) is 1. The van der Waals surface area contributed by atoms with Gasteiger partial charge < -0.3 is 10.6 Å². The van der Waals surface area contributed by atoms with Crippen molar-refractivity contribution >= 4 is 5.96 Å². The molecule has 0 radical (unpaired) electrons. The first-order valence-electron chi connectivity index (χ1n) is 8.05. The maximum Gasteiger partial charge on any atom is 0.191 e. The van der Waals surface area contributed by atoms with E-state index in [1.807, 2.05) is 12.1 Å². The summed E-state index contributed by atoms with van der Waals surface area (Å²) in [5.74, 6) is -0.468. The zero-order chi connectivity index (χ0) is 17.1. The number of guanidine groups is 1. The van der Waals surface area contributed by atoms with Gasteiger partial charge >= 0.3 is 0 Å². The lowest BCUT2D eigenvalue weighted by Gasteiger charge is -2.13. The highest BCUT2D eigenvalue weighted by molar-refractivity contribution is 5.80. The first kappa shape index (κ1) is 16.4. The summed E-state index contributed by atoms with van der Waals surface area (Å²) in [6.07, 6.45) is 0.697. The molecule has 2 unspecified atom stereocenters. The van der Waals surface area contributed by atoms with Crippen LogP contribution >= 0.6 is 0 Å². The Bertz CT molecular complexity index is 738. The largest absolute Gasteiger partial charge is 0.353 e. The monoisotopic (exact) mass is 329 g/mol. The van der Waals surface area contributed by atoms with Gasteiger partial charge in [0.2, 0.25) is 0 Å². The van der Waals surface area contributed by atoms with Crippen LogP contribution < -0.4 is 10.6 Å². The summed E-state index contributed by atoms with van der Waals surface area (Å²) in [7, 11) is 1.69. The Morgan fingerprint density at radius 3 is 2.50 bits per heavy atom. The Balaban J connectivity index is 1.59. The lowest BCUT2D eigenvalue weighted by atomic mass is 10.1. The number of hydrogen-bond donors (Lipinski definition) is 2. The standard InChI is InChI=1S/C19H21F2N3/c1-12-6-3-4-7-13(12)11-23-19(22-2)24-17-10-14(17)18-15(20)8-5-9-16(18)21/h3-9,14,17H,10-11H2,1-2H3,(H2,22,23,24). The molecule has 5 heteroatoms. The van der Waals surface area contributed by atoms with Crippen LogP contribution in [-0.4, -0.2) is 19.0 Å². The summed E-state index contributed by atoms with van der Waals surface area (Å²) in [5.41, 5.74) is 2.57. The summed E-state index contributed by atoms with van der Waals surface area (Å²) in [5, 5.41) is 6.49. The van der Waals surface area contributed by atoms with Crippen LogP contribution in [0.1, 0.15) is 29.0 Å². The van der Waals surface area contributed by atoms with E-state index < -0.39 is 11.6 Å². The Hall–Kier alpha value is -2.43. The van der Waals surface area contributed by atoms with Crippen molar-refractivity contribution in [1.82, 2.24) is 10.6 Å². The quantitative estimate of drug-likeness (QED) is 0.665. The minimum Gasteiger partial charge on any atom is -0.353 e. The molecule has 1 saturated carbocycles. The number of aryl methyl sites for hydroxylation is 1. The first-order valence-corrected chi connectivity index (χ1v) is 8.05. The molecule has 2 aromatic carbocycles. The van der Waals surface area contributed by atoms with Gasteiger partial charge in [-0.3, -0.25) is 4.99 Å². The smallest absolute Gasteiger partial charge is 0.191 e. The number of nitrogens with zero attached hydrogens (tertiary/aromatic N) is 1. The Morgan fingerprint density at radius 2 is 1.83 bits per heavy atom. The molecule has 0 saturated heterocycles. The molecule has 126 valence electrons. The number of benzene rings is 2. The summed E-state index contributed by atoms with van der Waals surface area (Å²) in [6.45, 7) is 2.71. The molecule has 2 atom stereocenters. The number of nitrogens with one attached hydrogen (secondary N) is 2. The molecule has 0 spiro atoms. The molecule has 1 aliphatic rings. The van der Waals surface area contributed by atoms with Crippen LogP contribution in [0.2, 0.25) is 0 Å². The first-order chi connectivity index (χ1) is 11.6. The highest BCUT2D eigenvalue weighted by Crippen LogP contribution is 2.43. The van der Waals surface area contributed by atoms with Crippen molar-refractivity contribution in [2.24, 2.45) is 4.99 Å². The minimum atomic E-state index is -0.479. The van der Waals surface area contributed by atoms with Crippen molar-refractivity contribution in [3.8, 4) is 0 Å². The highest BCUT2D eigenvalue weighted by Gasteiger charge is 2.42. The van der Waals surface area contributed by atoms with Crippen molar-refractivity contribution in [1.29, 1.82) is 0 Å². The lowest BCUT2D eigenvalue weighted by Crippen LogP contribution is -2.38. The molecule has 0 aliphatic heterocycles. The van der Waals surface area contributed by atoms with Crippen LogP contribution in [0.15, 0.2) is 47.5 Å². The Labute approximate surface area is 140 Å². The predicted octanol–water partition coefficient (Wildman–Crippen LogP) is 3.49. The minimum absolute atomic E-state index is 0.000490. The molecule has 0 aromatic heterocycles. The van der Waals surface area contributed by atoms with E-state index in [0.717, 1.165) is 0 Å². The summed E-state index contributed by atoms with van der Waals surface area (Å²) in [6, 6.07) is 12.1. The third kappa shape index (κ3) is 3.55. The molecule has 2 N–H and O–H groups in total. The summed E-state index contributed by atoms with van der Waals surface area (Å²) < 4.78 is 27.7. The van der Waals surface area contributed by atoms with Crippen molar-refractivity contribution < 1.29 is 8.78 Å². The third-order valence-electron chi connectivity index (χ3n) is 4.41. The van der Waals surface area contributed by atoms with Crippen LogP contribution in [0.5, 0.6) is 0 Å². The molecule has 0 amide bonds. The average Bonchev–Trinajstić information content (AvgIpc) is 3.31. The van der Waals surface area contributed by atoms with Gasteiger partial charge in [0.1, 0.15) is 11.6 Å². The third-order valence-corrected chi connectivity index (χ3v) is 4.41. The van der Waals surface area contributed by atoms with Gasteiger partial charge in [0.15, 0.2) is 5.96 Å². The van der Waals surface area contributed by atoms with Crippen LogP contribution in [0.4, 0.5) is 8.78 Å². The van der Waals surface area contributed by atoms with Gasteiger partial charge in [-0.25, -0.2) is 8.78 Å². The molecule has 2 aromatic rings. The van der Waals surface area contributed by atoms with Crippen LogP contribution in [0, 0.1) is 18.6 Å². The van der Waals surface area contributed by atoms with E-state index in [-0.39, 0.29) is 17.5 Å². The van der Waals surface area contributed by atoms with Gasteiger partial charge in [0.25, 0.3) is 0 Å². The average molecular weight is 329 g/mol. The topological polar surface area (TPSA) is 36.4 Å². The van der Waals surface area contributed by atoms with Gasteiger partial charge in [-0.15, -0.1) is 0 Å². The van der Waals surface area contributed by atoms with Crippen molar-refractivity contribution in [2.45, 2.75) is 31.8 Å². The highest BCUT2D eigenvalue weighted by atomic mass is 19.1. The lowest BCUT2D eigenvalue weighted by molar-refractivity contribution is 0.553. The number of halogens is 2. The fraction of sp³-hybridized carbons (Fsp3) is 0.316. The van der Waals surface area contributed by atoms with Crippen LogP contribution in [0.25, 0.3) is 0 Å². The predicted molar refractivity (Wildman–Crippen MR) is 92.0 cm³/mol. The maximum absolute atomic E-state index is 13.8. The van der Waals surface area contributed by atoms with E-state index in [0.29, 0.717) is 18.9 Å². The van der Waals surface area contributed by atoms with Crippen molar-refractivity contribution in [3.05, 3.63) is 70.8 Å². The molecule has 24 heavy (non-hydrogen) atoms. The molecule has 3 nitrogen and oxygen atoms in total. The second-order valence-corrected chi connectivity index (χ2v) is 6.08. The van der Waals surface area contributed by atoms with E-state index in [1.165, 1.54) is 29.3 Å². The van der Waals surface area contributed by atoms with E-state index in [9.17, 15) is 8.78 Å². The molecular weight excluding hydrogens is 308 g/mol. The summed E-state index contributed by atoms with van der Waals surface area (Å²) >= 11 is 0. The van der Waals surface area contributed by atoms with Gasteiger partial charge in [-0.05, 0) is 36.6 Å². The normalized spacial score (nSPS) is 19.9. The molecule has 3 rings (SSSR count). The van der Waals surface area contributed by atoms with Gasteiger partial charge in [0, 0.05) is 31.1 Å².